The number of urea groups is 1. The van der Waals surface area contributed by atoms with E-state index in [1.807, 2.05) is 35.2 Å². The Bertz CT molecular complexity index is 536. The van der Waals surface area contributed by atoms with E-state index in [1.165, 1.54) is 0 Å². The number of nitrogens with one attached hydrogen (secondary N) is 2. The first kappa shape index (κ1) is 19.2. The minimum atomic E-state index is -0.217. The van der Waals surface area contributed by atoms with Crippen LogP contribution in [0.2, 0.25) is 0 Å². The van der Waals surface area contributed by atoms with Gasteiger partial charge in [0.1, 0.15) is 0 Å². The molecular formula is C19H29N3O3. The van der Waals surface area contributed by atoms with Gasteiger partial charge in [0.15, 0.2) is 0 Å². The van der Waals surface area contributed by atoms with Crippen molar-refractivity contribution in [3.8, 4) is 0 Å². The van der Waals surface area contributed by atoms with E-state index in [1.54, 1.807) is 7.11 Å². The first-order valence-electron chi connectivity index (χ1n) is 9.06. The predicted octanol–water partition coefficient (Wildman–Crippen LogP) is 2.47. The molecule has 138 valence electrons. The number of rotatable bonds is 8. The number of nitrogens with zero attached hydrogens (tertiary/aromatic N) is 1. The summed E-state index contributed by atoms with van der Waals surface area (Å²) in [5.41, 5.74) is 1.01. The molecule has 1 atom stereocenters. The molecule has 0 radical (unpaired) electrons. The SMILES string of the molecule is COCCCNC(=O)N[C@H](CN1CCCCCC1=O)c1ccccc1. The minimum Gasteiger partial charge on any atom is -0.385 e. The zero-order chi connectivity index (χ0) is 17.9. The van der Waals surface area contributed by atoms with Crippen molar-refractivity contribution in [2.45, 2.75) is 38.1 Å². The van der Waals surface area contributed by atoms with Crippen molar-refractivity contribution in [2.24, 2.45) is 0 Å². The quantitative estimate of drug-likeness (QED) is 0.710. The number of methoxy groups -OCH3 is 1. The standard InChI is InChI=1S/C19H29N3O3/c1-25-14-8-12-20-19(24)21-17(16-9-4-2-5-10-16)15-22-13-7-3-6-11-18(22)23/h2,4-5,9-10,17H,3,6-8,11-15H2,1H3,(H2,20,21,24)/t17-/m1/s1. The van der Waals surface area contributed by atoms with E-state index >= 15 is 0 Å². The fourth-order valence-corrected chi connectivity index (χ4v) is 3.00. The Hall–Kier alpha value is -2.08. The van der Waals surface area contributed by atoms with Gasteiger partial charge >= 0.3 is 6.03 Å². The number of amides is 3. The molecule has 6 nitrogen and oxygen atoms in total. The number of likely N-dealkylation sites (tertiary alicyclic amines) is 1. The van der Waals surface area contributed by atoms with E-state index in [0.29, 0.717) is 26.1 Å². The molecule has 2 N–H and O–H groups in total. The molecule has 25 heavy (non-hydrogen) atoms. The van der Waals surface area contributed by atoms with Gasteiger partial charge in [-0.2, -0.15) is 0 Å². The summed E-state index contributed by atoms with van der Waals surface area (Å²) in [5, 5.41) is 5.86. The summed E-state index contributed by atoms with van der Waals surface area (Å²) < 4.78 is 4.98. The van der Waals surface area contributed by atoms with Crippen LogP contribution in [0, 0.1) is 0 Å². The fraction of sp³-hybridized carbons (Fsp3) is 0.579. The molecule has 0 bridgehead atoms. The molecule has 6 heteroatoms. The molecule has 1 aromatic carbocycles. The third kappa shape index (κ3) is 6.74. The Morgan fingerprint density at radius 3 is 2.80 bits per heavy atom. The normalized spacial score (nSPS) is 16.2. The van der Waals surface area contributed by atoms with Crippen molar-refractivity contribution in [2.75, 3.05) is 33.4 Å². The van der Waals surface area contributed by atoms with E-state index in [9.17, 15) is 9.59 Å². The van der Waals surface area contributed by atoms with Crippen LogP contribution in [0.3, 0.4) is 0 Å². The van der Waals surface area contributed by atoms with Crippen LogP contribution in [0.25, 0.3) is 0 Å². The number of hydrogen-bond donors (Lipinski definition) is 2. The second kappa shape index (κ2) is 10.7. The highest BCUT2D eigenvalue weighted by Gasteiger charge is 2.22. The van der Waals surface area contributed by atoms with E-state index in [2.05, 4.69) is 10.6 Å². The maximum Gasteiger partial charge on any atom is 0.315 e. The van der Waals surface area contributed by atoms with Gasteiger partial charge in [0.25, 0.3) is 0 Å². The number of carbonyl (C=O) groups excluding carboxylic acids is 2. The molecule has 3 amide bonds. The highest BCUT2D eigenvalue weighted by molar-refractivity contribution is 5.77. The molecule has 0 unspecified atom stereocenters. The lowest BCUT2D eigenvalue weighted by molar-refractivity contribution is -0.131. The number of ether oxygens (including phenoxy) is 1. The second-order valence-electron chi connectivity index (χ2n) is 6.36. The minimum absolute atomic E-state index is 0.181. The van der Waals surface area contributed by atoms with Gasteiger partial charge < -0.3 is 20.3 Å². The third-order valence-corrected chi connectivity index (χ3v) is 4.39. The van der Waals surface area contributed by atoms with Crippen LogP contribution in [0.5, 0.6) is 0 Å². The number of carbonyl (C=O) groups is 2. The summed E-state index contributed by atoms with van der Waals surface area (Å²) in [6.07, 6.45) is 4.44. The highest BCUT2D eigenvalue weighted by Crippen LogP contribution is 2.18. The van der Waals surface area contributed by atoms with Gasteiger partial charge in [0.2, 0.25) is 5.91 Å². The molecule has 0 saturated carbocycles. The first-order chi connectivity index (χ1) is 12.2. The Balaban J connectivity index is 1.98. The molecule has 1 heterocycles. The molecule has 0 aromatic heterocycles. The summed E-state index contributed by atoms with van der Waals surface area (Å²) >= 11 is 0. The van der Waals surface area contributed by atoms with Crippen LogP contribution in [-0.2, 0) is 9.53 Å². The smallest absolute Gasteiger partial charge is 0.315 e. The van der Waals surface area contributed by atoms with Crippen molar-refractivity contribution >= 4 is 11.9 Å². The van der Waals surface area contributed by atoms with Gasteiger partial charge in [0, 0.05) is 39.8 Å². The Morgan fingerprint density at radius 1 is 1.24 bits per heavy atom. The average Bonchev–Trinajstić information content (AvgIpc) is 2.83. The summed E-state index contributed by atoms with van der Waals surface area (Å²) in [5.74, 6) is 0.181. The molecule has 1 saturated heterocycles. The van der Waals surface area contributed by atoms with Gasteiger partial charge in [-0.3, -0.25) is 4.79 Å². The molecule has 0 spiro atoms. The first-order valence-corrected chi connectivity index (χ1v) is 9.06. The predicted molar refractivity (Wildman–Crippen MR) is 97.3 cm³/mol. The zero-order valence-corrected chi connectivity index (χ0v) is 15.0. The lowest BCUT2D eigenvalue weighted by Crippen LogP contribution is -2.44. The number of benzene rings is 1. The van der Waals surface area contributed by atoms with Crippen LogP contribution in [0.15, 0.2) is 30.3 Å². The van der Waals surface area contributed by atoms with Gasteiger partial charge in [0.05, 0.1) is 6.04 Å². The second-order valence-corrected chi connectivity index (χ2v) is 6.36. The molecule has 1 aliphatic rings. The van der Waals surface area contributed by atoms with E-state index in [-0.39, 0.29) is 18.0 Å². The van der Waals surface area contributed by atoms with E-state index in [0.717, 1.165) is 37.8 Å². The van der Waals surface area contributed by atoms with Crippen molar-refractivity contribution in [1.82, 2.24) is 15.5 Å². The van der Waals surface area contributed by atoms with Crippen molar-refractivity contribution < 1.29 is 14.3 Å². The zero-order valence-electron chi connectivity index (χ0n) is 15.0. The topological polar surface area (TPSA) is 70.7 Å². The Kier molecular flexibility index (Phi) is 8.25. The van der Waals surface area contributed by atoms with Gasteiger partial charge in [-0.15, -0.1) is 0 Å². The largest absolute Gasteiger partial charge is 0.385 e. The van der Waals surface area contributed by atoms with Crippen LogP contribution in [0.4, 0.5) is 4.79 Å². The molecule has 1 aromatic rings. The van der Waals surface area contributed by atoms with Crippen LogP contribution in [-0.4, -0.2) is 50.2 Å². The Morgan fingerprint density at radius 2 is 2.04 bits per heavy atom. The maximum absolute atomic E-state index is 12.3. The monoisotopic (exact) mass is 347 g/mol. The number of hydrogen-bond acceptors (Lipinski definition) is 3. The van der Waals surface area contributed by atoms with Crippen LogP contribution >= 0.6 is 0 Å². The van der Waals surface area contributed by atoms with E-state index in [4.69, 9.17) is 4.74 Å². The molecule has 0 aliphatic carbocycles. The Labute approximate surface area is 149 Å². The highest BCUT2D eigenvalue weighted by atomic mass is 16.5. The average molecular weight is 347 g/mol. The summed E-state index contributed by atoms with van der Waals surface area (Å²) in [6.45, 7) is 2.45. The van der Waals surface area contributed by atoms with Crippen molar-refractivity contribution in [1.29, 1.82) is 0 Å². The lowest BCUT2D eigenvalue weighted by Gasteiger charge is -2.27. The third-order valence-electron chi connectivity index (χ3n) is 4.39. The van der Waals surface area contributed by atoms with Crippen LogP contribution < -0.4 is 10.6 Å². The van der Waals surface area contributed by atoms with Gasteiger partial charge in [-0.25, -0.2) is 4.79 Å². The molecule has 1 fully saturated rings. The van der Waals surface area contributed by atoms with Crippen LogP contribution in [0.1, 0.15) is 43.7 Å². The fourth-order valence-electron chi connectivity index (χ4n) is 3.00. The van der Waals surface area contributed by atoms with Gasteiger partial charge in [-0.1, -0.05) is 36.8 Å². The van der Waals surface area contributed by atoms with Crippen molar-refractivity contribution in [3.63, 3.8) is 0 Å². The van der Waals surface area contributed by atoms with Gasteiger partial charge in [-0.05, 0) is 24.8 Å². The molecule has 2 rings (SSSR count). The maximum atomic E-state index is 12.3. The molecule has 1 aliphatic heterocycles. The van der Waals surface area contributed by atoms with E-state index < -0.39 is 0 Å². The molecular weight excluding hydrogens is 318 g/mol. The summed E-state index contributed by atoms with van der Waals surface area (Å²) in [7, 11) is 1.64. The van der Waals surface area contributed by atoms with Crippen molar-refractivity contribution in [3.05, 3.63) is 35.9 Å². The summed E-state index contributed by atoms with van der Waals surface area (Å²) in [6, 6.07) is 9.38. The lowest BCUT2D eigenvalue weighted by atomic mass is 10.1. The summed E-state index contributed by atoms with van der Waals surface area (Å²) in [4.78, 5) is 26.4.